The lowest BCUT2D eigenvalue weighted by Crippen LogP contribution is -2.54. The van der Waals surface area contributed by atoms with Crippen LogP contribution in [0.25, 0.3) is 11.1 Å². The minimum Gasteiger partial charge on any atom is -0.446 e. The van der Waals surface area contributed by atoms with Gasteiger partial charge in [0, 0.05) is 12.8 Å². The number of aryl methyl sites for hydroxylation is 1. The number of fused-ring (bicyclic) bond motifs is 1. The fourth-order valence-corrected chi connectivity index (χ4v) is 6.63. The monoisotopic (exact) mass is 633 g/mol. The number of nitrogens with zero attached hydrogens (tertiary/aromatic N) is 1. The Morgan fingerprint density at radius 2 is 1.49 bits per heavy atom. The van der Waals surface area contributed by atoms with Gasteiger partial charge in [-0.25, -0.2) is 18.2 Å². The number of hydrogen-bond acceptors (Lipinski definition) is 9. The topological polar surface area (TPSA) is 154 Å². The smallest absolute Gasteiger partial charge is 0.408 e. The van der Waals surface area contributed by atoms with Crippen molar-refractivity contribution in [2.45, 2.75) is 49.6 Å². The van der Waals surface area contributed by atoms with E-state index in [1.165, 1.54) is 0 Å². The van der Waals surface area contributed by atoms with Crippen molar-refractivity contribution in [1.29, 1.82) is 0 Å². The van der Waals surface area contributed by atoms with Crippen LogP contribution < -0.4 is 10.6 Å². The number of benzene rings is 3. The summed E-state index contributed by atoms with van der Waals surface area (Å²) in [5.41, 5.74) is 2.36. The fraction of sp³-hybridized carbons (Fsp3) is 0.333. The molecule has 1 saturated heterocycles. The number of ether oxygens (including phenoxy) is 2. The number of aromatic nitrogens is 1. The molecule has 1 aliphatic rings. The van der Waals surface area contributed by atoms with Crippen LogP contribution in [0.4, 0.5) is 4.79 Å². The van der Waals surface area contributed by atoms with Crippen molar-refractivity contribution in [1.82, 2.24) is 15.6 Å². The molecular formula is C33H35N3O8S. The zero-order chi connectivity index (χ0) is 31.6. The molecule has 1 fully saturated rings. The molecule has 2 atom stereocenters. The van der Waals surface area contributed by atoms with E-state index in [9.17, 15) is 22.8 Å². The third kappa shape index (κ3) is 9.22. The van der Waals surface area contributed by atoms with E-state index in [0.717, 1.165) is 5.56 Å². The molecule has 0 radical (unpaired) electrons. The summed E-state index contributed by atoms with van der Waals surface area (Å²) in [6, 6.07) is 22.2. The fourth-order valence-electron chi connectivity index (χ4n) is 5.07. The summed E-state index contributed by atoms with van der Waals surface area (Å²) in [5.74, 6) is -2.66. The first-order valence-electron chi connectivity index (χ1n) is 14.8. The van der Waals surface area contributed by atoms with Gasteiger partial charge in [-0.1, -0.05) is 72.8 Å². The van der Waals surface area contributed by atoms with Gasteiger partial charge in [-0.15, -0.1) is 0 Å². The first-order chi connectivity index (χ1) is 21.8. The molecule has 3 aromatic carbocycles. The van der Waals surface area contributed by atoms with Gasteiger partial charge < -0.3 is 24.5 Å². The Kier molecular flexibility index (Phi) is 10.6. The summed E-state index contributed by atoms with van der Waals surface area (Å²) in [6.07, 6.45) is 0.205. The van der Waals surface area contributed by atoms with E-state index in [4.69, 9.17) is 13.9 Å². The van der Waals surface area contributed by atoms with Gasteiger partial charge in [0.25, 0.3) is 5.89 Å². The van der Waals surface area contributed by atoms with Gasteiger partial charge in [0.1, 0.15) is 17.7 Å². The number of oxazole rings is 1. The van der Waals surface area contributed by atoms with Crippen molar-refractivity contribution in [3.05, 3.63) is 102 Å². The molecule has 0 aliphatic carbocycles. The Bertz CT molecular complexity index is 1670. The summed E-state index contributed by atoms with van der Waals surface area (Å²) in [4.78, 5) is 44.6. The second kappa shape index (κ2) is 15.0. The number of carbonyl (C=O) groups excluding carboxylic acids is 3. The molecule has 2 amide bonds. The van der Waals surface area contributed by atoms with Crippen LogP contribution >= 0.6 is 0 Å². The average molecular weight is 634 g/mol. The molecule has 0 saturated carbocycles. The lowest BCUT2D eigenvalue weighted by Gasteiger charge is -2.25. The SMILES string of the molecule is O=C(NC(CS(=O)(=O)Cc1ccccc1)C(=O)NC(CCc1ccccc1)C(=O)c1nc2ccccc2o1)OC1CCOCC1. The molecular weight excluding hydrogens is 598 g/mol. The van der Waals surface area contributed by atoms with Crippen molar-refractivity contribution in [2.75, 3.05) is 19.0 Å². The van der Waals surface area contributed by atoms with Crippen LogP contribution in [-0.4, -0.2) is 68.3 Å². The van der Waals surface area contributed by atoms with E-state index in [0.29, 0.717) is 49.1 Å². The molecule has 2 heterocycles. The van der Waals surface area contributed by atoms with Crippen LogP contribution in [0.1, 0.15) is 41.1 Å². The molecule has 2 unspecified atom stereocenters. The van der Waals surface area contributed by atoms with E-state index in [1.54, 1.807) is 54.6 Å². The Morgan fingerprint density at radius 1 is 0.844 bits per heavy atom. The van der Waals surface area contributed by atoms with E-state index in [2.05, 4.69) is 15.6 Å². The van der Waals surface area contributed by atoms with Gasteiger partial charge in [0.15, 0.2) is 15.4 Å². The minimum atomic E-state index is -3.91. The first kappa shape index (κ1) is 31.9. The summed E-state index contributed by atoms with van der Waals surface area (Å²) < 4.78 is 43.0. The summed E-state index contributed by atoms with van der Waals surface area (Å²) in [6.45, 7) is 0.850. The highest BCUT2D eigenvalue weighted by Crippen LogP contribution is 2.18. The predicted molar refractivity (Wildman–Crippen MR) is 166 cm³/mol. The largest absolute Gasteiger partial charge is 0.446 e. The highest BCUT2D eigenvalue weighted by Gasteiger charge is 2.33. The molecule has 11 nitrogen and oxygen atoms in total. The molecule has 1 aromatic heterocycles. The third-order valence-electron chi connectivity index (χ3n) is 7.40. The van der Waals surface area contributed by atoms with Gasteiger partial charge in [0.2, 0.25) is 11.7 Å². The molecule has 45 heavy (non-hydrogen) atoms. The van der Waals surface area contributed by atoms with Gasteiger partial charge >= 0.3 is 6.09 Å². The number of Topliss-reactive ketones (excluding diaryl/α,β-unsaturated/α-hetero) is 1. The van der Waals surface area contributed by atoms with Crippen LogP contribution in [-0.2, 0) is 36.3 Å². The third-order valence-corrected chi connectivity index (χ3v) is 9.02. The molecule has 2 N–H and O–H groups in total. The van der Waals surface area contributed by atoms with Crippen LogP contribution in [0.3, 0.4) is 0 Å². The van der Waals surface area contributed by atoms with Crippen molar-refractivity contribution in [2.24, 2.45) is 0 Å². The van der Waals surface area contributed by atoms with Crippen molar-refractivity contribution in [3.63, 3.8) is 0 Å². The Morgan fingerprint density at radius 3 is 2.18 bits per heavy atom. The lowest BCUT2D eigenvalue weighted by atomic mass is 10.0. The molecule has 1 aliphatic heterocycles. The van der Waals surface area contributed by atoms with Gasteiger partial charge in [-0.2, -0.15) is 0 Å². The minimum absolute atomic E-state index is 0.170. The van der Waals surface area contributed by atoms with Crippen LogP contribution in [0.15, 0.2) is 89.3 Å². The summed E-state index contributed by atoms with van der Waals surface area (Å²) in [7, 11) is -3.91. The molecule has 4 aromatic rings. The number of amides is 2. The number of hydrogen-bond donors (Lipinski definition) is 2. The van der Waals surface area contributed by atoms with Gasteiger partial charge in [-0.05, 0) is 36.1 Å². The summed E-state index contributed by atoms with van der Waals surface area (Å²) in [5, 5.41) is 5.12. The Hall–Kier alpha value is -4.55. The zero-order valence-electron chi connectivity index (χ0n) is 24.6. The number of carbonyl (C=O) groups is 3. The maximum atomic E-state index is 13.8. The van der Waals surface area contributed by atoms with Crippen LogP contribution in [0.2, 0.25) is 0 Å². The Labute approximate surface area is 261 Å². The number of para-hydroxylation sites is 2. The predicted octanol–water partition coefficient (Wildman–Crippen LogP) is 4.02. The van der Waals surface area contributed by atoms with Crippen LogP contribution in [0.5, 0.6) is 0 Å². The zero-order valence-corrected chi connectivity index (χ0v) is 25.4. The molecule has 12 heteroatoms. The maximum absolute atomic E-state index is 13.8. The van der Waals surface area contributed by atoms with Crippen molar-refractivity contribution >= 4 is 38.7 Å². The van der Waals surface area contributed by atoms with E-state index in [1.807, 2.05) is 30.3 Å². The highest BCUT2D eigenvalue weighted by atomic mass is 32.2. The number of ketones is 1. The quantitative estimate of drug-likeness (QED) is 0.208. The maximum Gasteiger partial charge on any atom is 0.408 e. The van der Waals surface area contributed by atoms with Crippen molar-refractivity contribution in [3.8, 4) is 0 Å². The lowest BCUT2D eigenvalue weighted by molar-refractivity contribution is -0.123. The normalized spacial score (nSPS) is 15.2. The molecule has 5 rings (SSSR count). The molecule has 0 spiro atoms. The number of sulfone groups is 1. The number of rotatable bonds is 13. The van der Waals surface area contributed by atoms with E-state index < -0.39 is 51.6 Å². The number of nitrogens with one attached hydrogen (secondary N) is 2. The second-order valence-electron chi connectivity index (χ2n) is 10.9. The van der Waals surface area contributed by atoms with Gasteiger partial charge in [-0.3, -0.25) is 9.59 Å². The molecule has 0 bridgehead atoms. The van der Waals surface area contributed by atoms with Crippen LogP contribution in [0, 0.1) is 0 Å². The molecule has 236 valence electrons. The first-order valence-corrected chi connectivity index (χ1v) is 16.6. The van der Waals surface area contributed by atoms with E-state index in [-0.39, 0.29) is 18.1 Å². The van der Waals surface area contributed by atoms with Gasteiger partial charge in [0.05, 0.1) is 30.8 Å². The number of alkyl carbamates (subject to hydrolysis) is 1. The van der Waals surface area contributed by atoms with Crippen molar-refractivity contribution < 1.29 is 36.7 Å². The second-order valence-corrected chi connectivity index (χ2v) is 13.0. The standard InChI is InChI=1S/C33H35N3O8S/c37-30(32-35-26-13-7-8-14-29(26)44-32)27(16-15-23-9-3-1-4-10-23)34-31(38)28(36-33(39)43-25-17-19-42-20-18-25)22-45(40,41)21-24-11-5-2-6-12-24/h1-14,25,27-28H,15-22H2,(H,34,38)(H,36,39). The average Bonchev–Trinajstić information content (AvgIpc) is 3.48. The Balaban J connectivity index is 1.37. The summed E-state index contributed by atoms with van der Waals surface area (Å²) >= 11 is 0. The highest BCUT2D eigenvalue weighted by molar-refractivity contribution is 7.90. The van der Waals surface area contributed by atoms with E-state index >= 15 is 0 Å².